The third-order valence-electron chi connectivity index (χ3n) is 3.29. The van der Waals surface area contributed by atoms with Crippen molar-refractivity contribution in [3.05, 3.63) is 30.0 Å². The van der Waals surface area contributed by atoms with Gasteiger partial charge in [-0.25, -0.2) is 0 Å². The predicted octanol–water partition coefficient (Wildman–Crippen LogP) is 1.10. The molecule has 112 valence electrons. The molecule has 0 spiro atoms. The van der Waals surface area contributed by atoms with Gasteiger partial charge in [0.25, 0.3) is 0 Å². The number of fused-ring (bicyclic) bond motifs is 1. The molecule has 0 radical (unpaired) electrons. The molecule has 6 heteroatoms. The normalized spacial score (nSPS) is 10.5. The zero-order valence-electron chi connectivity index (χ0n) is 11.9. The largest absolute Gasteiger partial charge is 0.497 e. The molecule has 2 aromatic rings. The third kappa shape index (κ3) is 3.98. The maximum absolute atomic E-state index is 11.5. The molecule has 0 aliphatic carbocycles. The average Bonchev–Trinajstić information content (AvgIpc) is 2.87. The number of H-pyrrole nitrogens is 1. The fourth-order valence-corrected chi connectivity index (χ4v) is 2.15. The van der Waals surface area contributed by atoms with Crippen LogP contribution in [0.5, 0.6) is 5.75 Å². The monoisotopic (exact) mass is 289 g/mol. The molecular weight excluding hydrogens is 270 g/mol. The van der Waals surface area contributed by atoms with Gasteiger partial charge in [0.05, 0.1) is 7.11 Å². The molecule has 1 heterocycles. The van der Waals surface area contributed by atoms with Gasteiger partial charge in [-0.2, -0.15) is 0 Å². The molecule has 1 aromatic carbocycles. The number of methoxy groups -OCH3 is 1. The zero-order valence-corrected chi connectivity index (χ0v) is 11.9. The Labute approximate surface area is 122 Å². The van der Waals surface area contributed by atoms with E-state index in [1.165, 1.54) is 0 Å². The Hall–Kier alpha value is -2.50. The standard InChI is InChI=1S/C15H19N3O3/c1-21-11-2-3-13-12(8-11)10(9-18-13)6-7-17-15(20)5-4-14(16)19/h2-3,8-9,18H,4-7H2,1H3,(H2,16,19)(H,17,20). The molecule has 0 aliphatic rings. The van der Waals surface area contributed by atoms with Crippen LogP contribution in [0.2, 0.25) is 0 Å². The van der Waals surface area contributed by atoms with Crippen LogP contribution < -0.4 is 15.8 Å². The van der Waals surface area contributed by atoms with Crippen LogP contribution in [0.3, 0.4) is 0 Å². The highest BCUT2D eigenvalue weighted by Gasteiger charge is 2.07. The second-order valence-corrected chi connectivity index (χ2v) is 4.79. The molecule has 0 atom stereocenters. The summed E-state index contributed by atoms with van der Waals surface area (Å²) in [4.78, 5) is 25.3. The van der Waals surface area contributed by atoms with Gasteiger partial charge in [0, 0.05) is 36.5 Å². The summed E-state index contributed by atoms with van der Waals surface area (Å²) in [6.45, 7) is 0.516. The molecule has 6 nitrogen and oxygen atoms in total. The Morgan fingerprint density at radius 3 is 2.86 bits per heavy atom. The van der Waals surface area contributed by atoms with E-state index in [4.69, 9.17) is 10.5 Å². The van der Waals surface area contributed by atoms with E-state index in [2.05, 4.69) is 10.3 Å². The van der Waals surface area contributed by atoms with Gasteiger partial charge in [0.1, 0.15) is 5.75 Å². The number of nitrogens with one attached hydrogen (secondary N) is 2. The van der Waals surface area contributed by atoms with Crippen molar-refractivity contribution in [2.24, 2.45) is 5.73 Å². The fourth-order valence-electron chi connectivity index (χ4n) is 2.15. The number of amides is 2. The predicted molar refractivity (Wildman–Crippen MR) is 80.0 cm³/mol. The lowest BCUT2D eigenvalue weighted by Crippen LogP contribution is -2.26. The molecule has 2 amide bonds. The zero-order chi connectivity index (χ0) is 15.2. The minimum atomic E-state index is -0.464. The van der Waals surface area contributed by atoms with Crippen LogP contribution in [0.25, 0.3) is 10.9 Å². The van der Waals surface area contributed by atoms with Crippen LogP contribution >= 0.6 is 0 Å². The van der Waals surface area contributed by atoms with Crippen molar-refractivity contribution >= 4 is 22.7 Å². The van der Waals surface area contributed by atoms with Gasteiger partial charge in [-0.3, -0.25) is 9.59 Å². The van der Waals surface area contributed by atoms with E-state index in [1.54, 1.807) is 7.11 Å². The number of primary amides is 1. The van der Waals surface area contributed by atoms with E-state index in [1.807, 2.05) is 24.4 Å². The number of nitrogens with two attached hydrogens (primary N) is 1. The number of aromatic amines is 1. The summed E-state index contributed by atoms with van der Waals surface area (Å²) in [6, 6.07) is 5.83. The highest BCUT2D eigenvalue weighted by molar-refractivity contribution is 5.85. The average molecular weight is 289 g/mol. The topological polar surface area (TPSA) is 97.2 Å². The highest BCUT2D eigenvalue weighted by Crippen LogP contribution is 2.23. The van der Waals surface area contributed by atoms with Crippen LogP contribution in [0.15, 0.2) is 24.4 Å². The molecule has 0 bridgehead atoms. The van der Waals surface area contributed by atoms with Crippen molar-refractivity contribution in [3.63, 3.8) is 0 Å². The van der Waals surface area contributed by atoms with Gasteiger partial charge in [0.15, 0.2) is 0 Å². The second kappa shape index (κ2) is 6.78. The number of carbonyl (C=O) groups is 2. The molecule has 0 aliphatic heterocycles. The molecule has 0 fully saturated rings. The van der Waals surface area contributed by atoms with Crippen LogP contribution in [-0.4, -0.2) is 30.5 Å². The summed E-state index contributed by atoms with van der Waals surface area (Å²) in [5.41, 5.74) is 7.14. The number of benzene rings is 1. The second-order valence-electron chi connectivity index (χ2n) is 4.79. The van der Waals surface area contributed by atoms with E-state index in [-0.39, 0.29) is 18.7 Å². The van der Waals surface area contributed by atoms with Crippen molar-refractivity contribution in [2.75, 3.05) is 13.7 Å². The van der Waals surface area contributed by atoms with E-state index in [0.29, 0.717) is 13.0 Å². The SMILES string of the molecule is COc1ccc2[nH]cc(CCNC(=O)CCC(N)=O)c2c1. The molecule has 1 aromatic heterocycles. The molecule has 0 unspecified atom stereocenters. The van der Waals surface area contributed by atoms with E-state index in [0.717, 1.165) is 22.2 Å². The molecule has 0 saturated heterocycles. The summed E-state index contributed by atoms with van der Waals surface area (Å²) in [7, 11) is 1.63. The summed E-state index contributed by atoms with van der Waals surface area (Å²) < 4.78 is 5.22. The maximum Gasteiger partial charge on any atom is 0.220 e. The van der Waals surface area contributed by atoms with Crippen LogP contribution in [0, 0.1) is 0 Å². The number of hydrogen-bond donors (Lipinski definition) is 3. The Morgan fingerprint density at radius 1 is 1.33 bits per heavy atom. The lowest BCUT2D eigenvalue weighted by Gasteiger charge is -2.04. The van der Waals surface area contributed by atoms with Gasteiger partial charge in [-0.05, 0) is 30.2 Å². The first-order valence-electron chi connectivity index (χ1n) is 6.79. The molecular formula is C15H19N3O3. The van der Waals surface area contributed by atoms with Crippen molar-refractivity contribution in [2.45, 2.75) is 19.3 Å². The minimum Gasteiger partial charge on any atom is -0.497 e. The van der Waals surface area contributed by atoms with Gasteiger partial charge >= 0.3 is 0 Å². The van der Waals surface area contributed by atoms with Gasteiger partial charge < -0.3 is 20.8 Å². The first-order valence-corrected chi connectivity index (χ1v) is 6.79. The minimum absolute atomic E-state index is 0.0795. The number of ether oxygens (including phenoxy) is 1. The molecule has 0 saturated carbocycles. The number of aromatic nitrogens is 1. The Morgan fingerprint density at radius 2 is 2.14 bits per heavy atom. The van der Waals surface area contributed by atoms with Gasteiger partial charge in [0.2, 0.25) is 11.8 Å². The number of hydrogen-bond acceptors (Lipinski definition) is 3. The van der Waals surface area contributed by atoms with Crippen molar-refractivity contribution in [1.82, 2.24) is 10.3 Å². The van der Waals surface area contributed by atoms with Crippen molar-refractivity contribution < 1.29 is 14.3 Å². The van der Waals surface area contributed by atoms with Crippen LogP contribution in [-0.2, 0) is 16.0 Å². The number of rotatable bonds is 7. The van der Waals surface area contributed by atoms with E-state index in [9.17, 15) is 9.59 Å². The first-order chi connectivity index (χ1) is 10.1. The van der Waals surface area contributed by atoms with Crippen molar-refractivity contribution in [3.8, 4) is 5.75 Å². The molecule has 2 rings (SSSR count). The van der Waals surface area contributed by atoms with Crippen molar-refractivity contribution in [1.29, 1.82) is 0 Å². The molecule has 21 heavy (non-hydrogen) atoms. The van der Waals surface area contributed by atoms with E-state index >= 15 is 0 Å². The Kier molecular flexibility index (Phi) is 4.81. The highest BCUT2D eigenvalue weighted by atomic mass is 16.5. The van der Waals surface area contributed by atoms with Crippen LogP contribution in [0.4, 0.5) is 0 Å². The number of carbonyl (C=O) groups excluding carboxylic acids is 2. The summed E-state index contributed by atoms with van der Waals surface area (Å²) >= 11 is 0. The molecule has 4 N–H and O–H groups in total. The Balaban J connectivity index is 1.91. The lowest BCUT2D eigenvalue weighted by atomic mass is 10.1. The summed E-state index contributed by atoms with van der Waals surface area (Å²) in [5.74, 6) is 0.175. The lowest BCUT2D eigenvalue weighted by molar-refractivity contribution is -0.125. The third-order valence-corrected chi connectivity index (χ3v) is 3.29. The fraction of sp³-hybridized carbons (Fsp3) is 0.333. The van der Waals surface area contributed by atoms with E-state index < -0.39 is 5.91 Å². The van der Waals surface area contributed by atoms with Gasteiger partial charge in [-0.1, -0.05) is 0 Å². The van der Waals surface area contributed by atoms with Gasteiger partial charge in [-0.15, -0.1) is 0 Å². The van der Waals surface area contributed by atoms with Crippen LogP contribution in [0.1, 0.15) is 18.4 Å². The smallest absolute Gasteiger partial charge is 0.220 e. The first kappa shape index (κ1) is 14.9. The maximum atomic E-state index is 11.5. The quantitative estimate of drug-likeness (QED) is 0.712. The summed E-state index contributed by atoms with van der Waals surface area (Å²) in [5, 5.41) is 3.86. The summed E-state index contributed by atoms with van der Waals surface area (Å²) in [6.07, 6.45) is 2.85. The Bertz CT molecular complexity index is 649.